The summed E-state index contributed by atoms with van der Waals surface area (Å²) in [6.07, 6.45) is -0.608. The molecule has 0 aliphatic carbocycles. The highest BCUT2D eigenvalue weighted by atomic mass is 16.3. The minimum Gasteiger partial charge on any atom is -0.388 e. The third kappa shape index (κ3) is 3.71. The number of aliphatic hydroxyl groups is 1. The fraction of sp³-hybridized carbons (Fsp3) is 0.136. The van der Waals surface area contributed by atoms with Gasteiger partial charge in [0.15, 0.2) is 0 Å². The molecule has 3 rings (SSSR count). The normalized spacial score (nSPS) is 11.6. The number of hydrogen-bond donors (Lipinski definition) is 1. The molecular weight excluding hydrogens is 296 g/mol. The van der Waals surface area contributed by atoms with Gasteiger partial charge in [-0.2, -0.15) is 0 Å². The number of aliphatic hydroxyl groups excluding tert-OH is 1. The first-order valence-corrected chi connectivity index (χ1v) is 7.91. The molecule has 118 valence electrons. The topological polar surface area (TPSA) is 37.3 Å². The van der Waals surface area contributed by atoms with Crippen LogP contribution >= 0.6 is 0 Å². The van der Waals surface area contributed by atoms with Crippen LogP contribution in [0, 0.1) is 11.8 Å². The lowest BCUT2D eigenvalue weighted by atomic mass is 10.0. The second-order valence-corrected chi connectivity index (χ2v) is 5.82. The maximum absolute atomic E-state index is 11.1. The highest BCUT2D eigenvalue weighted by Crippen LogP contribution is 2.19. The molecule has 0 amide bonds. The Balaban J connectivity index is 1.84. The van der Waals surface area contributed by atoms with E-state index in [4.69, 9.17) is 0 Å². The molecule has 0 spiro atoms. The quantitative estimate of drug-likeness (QED) is 0.734. The second-order valence-electron chi connectivity index (χ2n) is 5.82. The zero-order chi connectivity index (χ0) is 16.9. The molecule has 0 fully saturated rings. The van der Waals surface area contributed by atoms with Gasteiger partial charge in [0.05, 0.1) is 6.10 Å². The molecule has 0 saturated heterocycles. The highest BCUT2D eigenvalue weighted by Gasteiger charge is 2.09. The Morgan fingerprint density at radius 2 is 1.67 bits per heavy atom. The van der Waals surface area contributed by atoms with Gasteiger partial charge in [-0.1, -0.05) is 60.4 Å². The summed E-state index contributed by atoms with van der Waals surface area (Å²) in [7, 11) is 0. The Labute approximate surface area is 141 Å². The van der Waals surface area contributed by atoms with Crippen LogP contribution in [0.15, 0.2) is 66.7 Å². The molecule has 0 aliphatic heterocycles. The lowest BCUT2D eigenvalue weighted by molar-refractivity contribution is -0.118. The molecule has 1 N–H and O–H groups in total. The zero-order valence-electron chi connectivity index (χ0n) is 13.5. The third-order valence-electron chi connectivity index (χ3n) is 3.91. The number of rotatable bonds is 3. The predicted octanol–water partition coefficient (Wildman–Crippen LogP) is 4.25. The minimum atomic E-state index is -0.748. The SMILES string of the molecule is CC(=O)CC(O)c1ccc(C#Cc2cccc3ccccc23)cc1. The standard InChI is InChI=1S/C22H18O2/c1-16(23)15-22(24)20-13-10-17(11-14-20)9-12-19-7-4-6-18-5-2-3-8-21(18)19/h2-8,10-11,13-14,22,24H,15H2,1H3. The molecule has 0 bridgehead atoms. The van der Waals surface area contributed by atoms with Crippen molar-refractivity contribution in [2.45, 2.75) is 19.4 Å². The molecule has 3 aromatic carbocycles. The number of fused-ring (bicyclic) bond motifs is 1. The average molecular weight is 314 g/mol. The van der Waals surface area contributed by atoms with Crippen LogP contribution in [0.2, 0.25) is 0 Å². The summed E-state index contributed by atoms with van der Waals surface area (Å²) in [6.45, 7) is 1.48. The van der Waals surface area contributed by atoms with Gasteiger partial charge in [0, 0.05) is 17.5 Å². The van der Waals surface area contributed by atoms with E-state index in [1.54, 1.807) is 0 Å². The van der Waals surface area contributed by atoms with Gasteiger partial charge in [0.1, 0.15) is 5.78 Å². The summed E-state index contributed by atoms with van der Waals surface area (Å²) in [5.74, 6) is 6.35. The van der Waals surface area contributed by atoms with Crippen LogP contribution in [0.25, 0.3) is 10.8 Å². The Bertz CT molecular complexity index is 922. The number of ketones is 1. The summed E-state index contributed by atoms with van der Waals surface area (Å²) in [4.78, 5) is 11.1. The summed E-state index contributed by atoms with van der Waals surface area (Å²) in [5.41, 5.74) is 2.61. The van der Waals surface area contributed by atoms with Gasteiger partial charge in [-0.05, 0) is 41.5 Å². The number of hydrogen-bond acceptors (Lipinski definition) is 2. The molecule has 3 aromatic rings. The molecule has 2 heteroatoms. The first-order valence-electron chi connectivity index (χ1n) is 7.91. The molecule has 2 nitrogen and oxygen atoms in total. The van der Waals surface area contributed by atoms with Crippen molar-refractivity contribution in [2.75, 3.05) is 0 Å². The van der Waals surface area contributed by atoms with Crippen LogP contribution in [-0.4, -0.2) is 10.9 Å². The van der Waals surface area contributed by atoms with Gasteiger partial charge >= 0.3 is 0 Å². The first-order chi connectivity index (χ1) is 11.6. The highest BCUT2D eigenvalue weighted by molar-refractivity contribution is 5.88. The van der Waals surface area contributed by atoms with Crippen LogP contribution in [-0.2, 0) is 4.79 Å². The number of carbonyl (C=O) groups is 1. The Hall–Kier alpha value is -2.89. The Kier molecular flexibility index (Phi) is 4.74. The fourth-order valence-electron chi connectivity index (χ4n) is 2.65. The van der Waals surface area contributed by atoms with Crippen LogP contribution in [0.5, 0.6) is 0 Å². The van der Waals surface area contributed by atoms with E-state index in [-0.39, 0.29) is 12.2 Å². The molecule has 1 atom stereocenters. The molecule has 0 aromatic heterocycles. The van der Waals surface area contributed by atoms with E-state index in [1.807, 2.05) is 48.5 Å². The molecule has 0 aliphatic rings. The van der Waals surface area contributed by atoms with Gasteiger partial charge in [-0.3, -0.25) is 4.79 Å². The molecule has 0 saturated carbocycles. The van der Waals surface area contributed by atoms with Crippen LogP contribution in [0.4, 0.5) is 0 Å². The Morgan fingerprint density at radius 3 is 2.42 bits per heavy atom. The van der Waals surface area contributed by atoms with Gasteiger partial charge in [0.25, 0.3) is 0 Å². The molecule has 0 radical (unpaired) electrons. The maximum Gasteiger partial charge on any atom is 0.132 e. The van der Waals surface area contributed by atoms with Crippen molar-refractivity contribution in [2.24, 2.45) is 0 Å². The summed E-state index contributed by atoms with van der Waals surface area (Å²) >= 11 is 0. The van der Waals surface area contributed by atoms with E-state index in [1.165, 1.54) is 12.3 Å². The molecule has 0 heterocycles. The van der Waals surface area contributed by atoms with Crippen molar-refractivity contribution in [3.63, 3.8) is 0 Å². The average Bonchev–Trinajstić information content (AvgIpc) is 2.59. The predicted molar refractivity (Wildman–Crippen MR) is 96.6 cm³/mol. The van der Waals surface area contributed by atoms with Gasteiger partial charge < -0.3 is 5.11 Å². The van der Waals surface area contributed by atoms with Crippen molar-refractivity contribution in [1.82, 2.24) is 0 Å². The summed E-state index contributed by atoms with van der Waals surface area (Å²) < 4.78 is 0. The van der Waals surface area contributed by atoms with Gasteiger partial charge in [-0.15, -0.1) is 0 Å². The van der Waals surface area contributed by atoms with E-state index in [0.29, 0.717) is 0 Å². The van der Waals surface area contributed by atoms with Crippen LogP contribution < -0.4 is 0 Å². The van der Waals surface area contributed by atoms with Crippen LogP contribution in [0.3, 0.4) is 0 Å². The third-order valence-corrected chi connectivity index (χ3v) is 3.91. The van der Waals surface area contributed by atoms with Crippen molar-refractivity contribution in [1.29, 1.82) is 0 Å². The molecular formula is C22H18O2. The van der Waals surface area contributed by atoms with Crippen LogP contribution in [0.1, 0.15) is 36.1 Å². The van der Waals surface area contributed by atoms with Crippen molar-refractivity contribution in [3.05, 3.63) is 83.4 Å². The lowest BCUT2D eigenvalue weighted by Gasteiger charge is -2.08. The fourth-order valence-corrected chi connectivity index (χ4v) is 2.65. The van der Waals surface area contributed by atoms with Crippen molar-refractivity contribution >= 4 is 16.6 Å². The minimum absolute atomic E-state index is 0.0256. The van der Waals surface area contributed by atoms with E-state index < -0.39 is 6.10 Å². The smallest absolute Gasteiger partial charge is 0.132 e. The van der Waals surface area contributed by atoms with E-state index in [0.717, 1.165) is 22.1 Å². The van der Waals surface area contributed by atoms with Gasteiger partial charge in [-0.25, -0.2) is 0 Å². The first kappa shape index (κ1) is 16.0. The van der Waals surface area contributed by atoms with E-state index >= 15 is 0 Å². The number of Topliss-reactive ketones (excluding diaryl/α,β-unsaturated/α-hetero) is 1. The molecule has 24 heavy (non-hydrogen) atoms. The van der Waals surface area contributed by atoms with Gasteiger partial charge in [0.2, 0.25) is 0 Å². The number of carbonyl (C=O) groups excluding carboxylic acids is 1. The monoisotopic (exact) mass is 314 g/mol. The van der Waals surface area contributed by atoms with E-state index in [2.05, 4.69) is 30.0 Å². The summed E-state index contributed by atoms with van der Waals surface area (Å²) in [5, 5.41) is 12.3. The maximum atomic E-state index is 11.1. The largest absolute Gasteiger partial charge is 0.388 e. The Morgan fingerprint density at radius 1 is 0.958 bits per heavy atom. The zero-order valence-corrected chi connectivity index (χ0v) is 13.5. The van der Waals surface area contributed by atoms with Crippen molar-refractivity contribution < 1.29 is 9.90 Å². The number of benzene rings is 3. The van der Waals surface area contributed by atoms with E-state index in [9.17, 15) is 9.90 Å². The van der Waals surface area contributed by atoms with Crippen molar-refractivity contribution in [3.8, 4) is 11.8 Å². The molecule has 1 unspecified atom stereocenters. The summed E-state index contributed by atoms with van der Waals surface area (Å²) in [6, 6.07) is 21.7. The lowest BCUT2D eigenvalue weighted by Crippen LogP contribution is -2.02. The second kappa shape index (κ2) is 7.12.